The standard InChI is InChI=1S/C25H27N3O5S/c1-17-10-11-18(2)23(14-17)34(30,31)28-19-6-3-7-20(15-19)33-25-22(9-4-12-26-25)24(29)27-16-21-8-5-13-32-21/h3-4,6-7,9-12,14-15,21,28H,5,8,13,16H2,1-2H3,(H,27,29)/t21-/m0/s1. The van der Waals surface area contributed by atoms with Gasteiger partial charge in [-0.05, 0) is 68.1 Å². The number of nitrogens with one attached hydrogen (secondary N) is 2. The third kappa shape index (κ3) is 5.73. The zero-order chi connectivity index (χ0) is 24.1. The minimum Gasteiger partial charge on any atom is -0.438 e. The van der Waals surface area contributed by atoms with E-state index in [1.807, 2.05) is 13.0 Å². The monoisotopic (exact) mass is 481 g/mol. The van der Waals surface area contributed by atoms with E-state index in [-0.39, 0.29) is 28.4 Å². The summed E-state index contributed by atoms with van der Waals surface area (Å²) in [6.07, 6.45) is 3.46. The van der Waals surface area contributed by atoms with Gasteiger partial charge >= 0.3 is 0 Å². The predicted octanol–water partition coefficient (Wildman–Crippen LogP) is 4.20. The zero-order valence-electron chi connectivity index (χ0n) is 19.1. The summed E-state index contributed by atoms with van der Waals surface area (Å²) >= 11 is 0. The smallest absolute Gasteiger partial charge is 0.262 e. The third-order valence-corrected chi connectivity index (χ3v) is 6.99. The molecule has 1 atom stereocenters. The average Bonchev–Trinajstić information content (AvgIpc) is 3.33. The van der Waals surface area contributed by atoms with Gasteiger partial charge < -0.3 is 14.8 Å². The van der Waals surface area contributed by atoms with E-state index in [9.17, 15) is 13.2 Å². The lowest BCUT2D eigenvalue weighted by molar-refractivity contribution is 0.0855. The van der Waals surface area contributed by atoms with Crippen molar-refractivity contribution in [1.82, 2.24) is 10.3 Å². The Kier molecular flexibility index (Phi) is 7.14. The second-order valence-corrected chi connectivity index (χ2v) is 9.86. The van der Waals surface area contributed by atoms with Crippen molar-refractivity contribution in [3.05, 3.63) is 77.5 Å². The number of hydrogen-bond donors (Lipinski definition) is 2. The highest BCUT2D eigenvalue weighted by Crippen LogP contribution is 2.27. The maximum Gasteiger partial charge on any atom is 0.262 e. The first kappa shape index (κ1) is 23.7. The Balaban J connectivity index is 1.50. The van der Waals surface area contributed by atoms with E-state index in [4.69, 9.17) is 9.47 Å². The van der Waals surface area contributed by atoms with Crippen LogP contribution in [0.5, 0.6) is 11.6 Å². The lowest BCUT2D eigenvalue weighted by Crippen LogP contribution is -2.32. The molecule has 1 fully saturated rings. The van der Waals surface area contributed by atoms with Crippen LogP contribution < -0.4 is 14.8 Å². The predicted molar refractivity (Wildman–Crippen MR) is 129 cm³/mol. The summed E-state index contributed by atoms with van der Waals surface area (Å²) in [5.74, 6) is 0.153. The van der Waals surface area contributed by atoms with Gasteiger partial charge in [-0.3, -0.25) is 9.52 Å². The highest BCUT2D eigenvalue weighted by Gasteiger charge is 2.20. The highest BCUT2D eigenvalue weighted by molar-refractivity contribution is 7.92. The van der Waals surface area contributed by atoms with Gasteiger partial charge in [-0.15, -0.1) is 0 Å². The van der Waals surface area contributed by atoms with Crippen LogP contribution in [0.3, 0.4) is 0 Å². The fraction of sp³-hybridized carbons (Fsp3) is 0.280. The number of carbonyl (C=O) groups excluding carboxylic acids is 1. The fourth-order valence-corrected chi connectivity index (χ4v) is 5.07. The summed E-state index contributed by atoms with van der Waals surface area (Å²) in [5, 5.41) is 2.86. The Morgan fingerprint density at radius 1 is 1.15 bits per heavy atom. The van der Waals surface area contributed by atoms with E-state index in [1.54, 1.807) is 55.5 Å². The Labute approximate surface area is 199 Å². The van der Waals surface area contributed by atoms with Gasteiger partial charge in [-0.25, -0.2) is 13.4 Å². The number of benzene rings is 2. The van der Waals surface area contributed by atoms with Gasteiger partial charge in [0, 0.05) is 25.4 Å². The van der Waals surface area contributed by atoms with Gasteiger partial charge in [0.25, 0.3) is 15.9 Å². The highest BCUT2D eigenvalue weighted by atomic mass is 32.2. The number of sulfonamides is 1. The van der Waals surface area contributed by atoms with Crippen molar-refractivity contribution in [2.75, 3.05) is 17.9 Å². The van der Waals surface area contributed by atoms with Crippen LogP contribution in [0.25, 0.3) is 0 Å². The van der Waals surface area contributed by atoms with Gasteiger partial charge in [0.15, 0.2) is 0 Å². The summed E-state index contributed by atoms with van der Waals surface area (Å²) in [6, 6.07) is 15.1. The lowest BCUT2D eigenvalue weighted by atomic mass is 10.2. The lowest BCUT2D eigenvalue weighted by Gasteiger charge is -2.14. The average molecular weight is 482 g/mol. The molecule has 8 nitrogen and oxygen atoms in total. The molecule has 1 aliphatic heterocycles. The number of aryl methyl sites for hydroxylation is 2. The Hall–Kier alpha value is -3.43. The van der Waals surface area contributed by atoms with Crippen LogP contribution in [0.15, 0.2) is 65.7 Å². The first-order valence-corrected chi connectivity index (χ1v) is 12.5. The number of pyridine rings is 1. The van der Waals surface area contributed by atoms with Crippen molar-refractivity contribution in [3.63, 3.8) is 0 Å². The number of amides is 1. The zero-order valence-corrected chi connectivity index (χ0v) is 19.9. The molecule has 2 heterocycles. The molecule has 1 amide bonds. The van der Waals surface area contributed by atoms with Crippen molar-refractivity contribution in [2.45, 2.75) is 37.7 Å². The largest absolute Gasteiger partial charge is 0.438 e. The van der Waals surface area contributed by atoms with Crippen LogP contribution in [-0.4, -0.2) is 38.6 Å². The van der Waals surface area contributed by atoms with Crippen LogP contribution in [0.4, 0.5) is 5.69 Å². The molecule has 2 N–H and O–H groups in total. The molecule has 4 rings (SSSR count). The first-order valence-electron chi connectivity index (χ1n) is 11.0. The number of aromatic nitrogens is 1. The topological polar surface area (TPSA) is 107 Å². The van der Waals surface area contributed by atoms with Crippen molar-refractivity contribution in [2.24, 2.45) is 0 Å². The van der Waals surface area contributed by atoms with Gasteiger partial charge in [0.05, 0.1) is 16.7 Å². The van der Waals surface area contributed by atoms with Gasteiger partial charge in [-0.1, -0.05) is 18.2 Å². The van der Waals surface area contributed by atoms with Gasteiger partial charge in [0.1, 0.15) is 11.3 Å². The maximum absolute atomic E-state index is 12.9. The summed E-state index contributed by atoms with van der Waals surface area (Å²) in [6.45, 7) is 4.72. The number of hydrogen-bond acceptors (Lipinski definition) is 6. The Morgan fingerprint density at radius 3 is 2.79 bits per heavy atom. The molecule has 178 valence electrons. The van der Waals surface area contributed by atoms with E-state index in [0.29, 0.717) is 30.2 Å². The second kappa shape index (κ2) is 10.2. The van der Waals surface area contributed by atoms with Crippen molar-refractivity contribution < 1.29 is 22.7 Å². The molecule has 34 heavy (non-hydrogen) atoms. The van der Waals surface area contributed by atoms with Crippen LogP contribution in [0.1, 0.15) is 34.3 Å². The first-order chi connectivity index (χ1) is 16.3. The Bertz CT molecular complexity index is 1290. The minimum absolute atomic E-state index is 0.0201. The molecule has 1 aromatic heterocycles. The van der Waals surface area contributed by atoms with E-state index in [2.05, 4.69) is 15.0 Å². The minimum atomic E-state index is -3.79. The molecule has 3 aromatic rings. The van der Waals surface area contributed by atoms with Gasteiger partial charge in [-0.2, -0.15) is 0 Å². The van der Waals surface area contributed by atoms with Crippen molar-refractivity contribution in [1.29, 1.82) is 0 Å². The number of carbonyl (C=O) groups is 1. The molecule has 1 aliphatic rings. The molecular weight excluding hydrogens is 454 g/mol. The normalized spacial score (nSPS) is 15.6. The van der Waals surface area contributed by atoms with Crippen molar-refractivity contribution >= 4 is 21.6 Å². The van der Waals surface area contributed by atoms with E-state index in [0.717, 1.165) is 18.4 Å². The number of ether oxygens (including phenoxy) is 2. The van der Waals surface area contributed by atoms with Crippen LogP contribution in [0.2, 0.25) is 0 Å². The molecule has 0 saturated carbocycles. The molecule has 0 radical (unpaired) electrons. The Morgan fingerprint density at radius 2 is 2.00 bits per heavy atom. The molecule has 0 aliphatic carbocycles. The summed E-state index contributed by atoms with van der Waals surface area (Å²) in [4.78, 5) is 17.1. The molecular formula is C25H27N3O5S. The molecule has 9 heteroatoms. The van der Waals surface area contributed by atoms with Crippen LogP contribution in [0, 0.1) is 13.8 Å². The van der Waals surface area contributed by atoms with Crippen molar-refractivity contribution in [3.8, 4) is 11.6 Å². The SMILES string of the molecule is Cc1ccc(C)c(S(=O)(=O)Nc2cccc(Oc3ncccc3C(=O)NC[C@@H]3CCCO3)c2)c1. The fourth-order valence-electron chi connectivity index (χ4n) is 3.69. The number of nitrogens with zero attached hydrogens (tertiary/aromatic N) is 1. The summed E-state index contributed by atoms with van der Waals surface area (Å²) < 4.78 is 39.9. The molecule has 1 saturated heterocycles. The number of rotatable bonds is 8. The quantitative estimate of drug-likeness (QED) is 0.499. The van der Waals surface area contributed by atoms with E-state index >= 15 is 0 Å². The van der Waals surface area contributed by atoms with Crippen LogP contribution in [-0.2, 0) is 14.8 Å². The molecule has 2 aromatic carbocycles. The second-order valence-electron chi connectivity index (χ2n) is 8.21. The van der Waals surface area contributed by atoms with E-state index in [1.165, 1.54) is 6.20 Å². The third-order valence-electron chi connectivity index (χ3n) is 5.46. The maximum atomic E-state index is 12.9. The van der Waals surface area contributed by atoms with Crippen LogP contribution >= 0.6 is 0 Å². The summed E-state index contributed by atoms with van der Waals surface area (Å²) in [7, 11) is -3.79. The molecule has 0 bridgehead atoms. The molecule has 0 spiro atoms. The van der Waals surface area contributed by atoms with E-state index < -0.39 is 10.0 Å². The molecule has 0 unspecified atom stereocenters. The number of anilines is 1. The van der Waals surface area contributed by atoms with Gasteiger partial charge in [0.2, 0.25) is 5.88 Å². The summed E-state index contributed by atoms with van der Waals surface area (Å²) in [5.41, 5.74) is 2.11.